The molecule has 1 saturated heterocycles. The fraction of sp³-hybridized carbons (Fsp3) is 0.647. The Morgan fingerprint density at radius 1 is 1.38 bits per heavy atom. The number of morpholine rings is 1. The van der Waals surface area contributed by atoms with E-state index in [9.17, 15) is 0 Å². The van der Waals surface area contributed by atoms with Crippen LogP contribution in [-0.4, -0.2) is 51.4 Å². The van der Waals surface area contributed by atoms with Crippen LogP contribution in [0.25, 0.3) is 0 Å². The summed E-state index contributed by atoms with van der Waals surface area (Å²) in [6.07, 6.45) is 1.33. The molecule has 2 unspecified atom stereocenters. The molecule has 2 rings (SSSR count). The Morgan fingerprint density at radius 2 is 2.19 bits per heavy atom. The molecule has 0 saturated carbocycles. The van der Waals surface area contributed by atoms with E-state index in [1.165, 1.54) is 11.1 Å². The van der Waals surface area contributed by atoms with Crippen molar-refractivity contribution in [2.24, 2.45) is 0 Å². The third kappa shape index (κ3) is 4.27. The molecule has 0 radical (unpaired) electrons. The maximum absolute atomic E-state index is 6.05. The highest BCUT2D eigenvalue weighted by atomic mass is 16.5. The summed E-state index contributed by atoms with van der Waals surface area (Å²) in [5.74, 6) is 0. The van der Waals surface area contributed by atoms with Gasteiger partial charge in [-0.25, -0.2) is 0 Å². The van der Waals surface area contributed by atoms with Gasteiger partial charge in [-0.15, -0.1) is 0 Å². The van der Waals surface area contributed by atoms with Crippen LogP contribution in [0.15, 0.2) is 24.3 Å². The molecule has 4 nitrogen and oxygen atoms in total. The zero-order valence-electron chi connectivity index (χ0n) is 13.5. The SMILES string of the molecule is CCCNCC1OCCN(C)C1c1ccccc1COC. The summed E-state index contributed by atoms with van der Waals surface area (Å²) >= 11 is 0. The van der Waals surface area contributed by atoms with Crippen LogP contribution < -0.4 is 5.32 Å². The Labute approximate surface area is 128 Å². The molecule has 1 aliphatic rings. The molecule has 2 atom stereocenters. The van der Waals surface area contributed by atoms with Crippen LogP contribution >= 0.6 is 0 Å². The van der Waals surface area contributed by atoms with Crippen LogP contribution in [0.4, 0.5) is 0 Å². The van der Waals surface area contributed by atoms with E-state index in [1.807, 2.05) is 0 Å². The zero-order valence-corrected chi connectivity index (χ0v) is 13.5. The van der Waals surface area contributed by atoms with E-state index >= 15 is 0 Å². The summed E-state index contributed by atoms with van der Waals surface area (Å²) in [5, 5.41) is 3.49. The summed E-state index contributed by atoms with van der Waals surface area (Å²) in [6.45, 7) is 6.54. The molecule has 1 aromatic carbocycles. The van der Waals surface area contributed by atoms with Crippen LogP contribution in [0.5, 0.6) is 0 Å². The highest BCUT2D eigenvalue weighted by Gasteiger charge is 2.32. The molecule has 0 bridgehead atoms. The van der Waals surface area contributed by atoms with Crippen LogP contribution in [0, 0.1) is 0 Å². The number of methoxy groups -OCH3 is 1. The number of likely N-dealkylation sites (N-methyl/N-ethyl adjacent to an activating group) is 1. The van der Waals surface area contributed by atoms with Gasteiger partial charge in [-0.1, -0.05) is 31.2 Å². The normalized spacial score (nSPS) is 23.4. The largest absolute Gasteiger partial charge is 0.380 e. The van der Waals surface area contributed by atoms with Crippen molar-refractivity contribution in [3.05, 3.63) is 35.4 Å². The first kappa shape index (κ1) is 16.4. The Balaban J connectivity index is 2.19. The third-order valence-corrected chi connectivity index (χ3v) is 4.05. The molecule has 0 aliphatic carbocycles. The Morgan fingerprint density at radius 3 is 2.95 bits per heavy atom. The zero-order chi connectivity index (χ0) is 15.1. The highest BCUT2D eigenvalue weighted by molar-refractivity contribution is 5.31. The van der Waals surface area contributed by atoms with Crippen molar-refractivity contribution in [2.45, 2.75) is 32.1 Å². The van der Waals surface area contributed by atoms with Crippen molar-refractivity contribution in [2.75, 3.05) is 40.4 Å². The van der Waals surface area contributed by atoms with Crippen molar-refractivity contribution in [1.29, 1.82) is 0 Å². The number of rotatable bonds is 7. The quantitative estimate of drug-likeness (QED) is 0.781. The van der Waals surface area contributed by atoms with Gasteiger partial charge in [-0.3, -0.25) is 4.90 Å². The molecule has 118 valence electrons. The lowest BCUT2D eigenvalue weighted by Crippen LogP contribution is -2.47. The van der Waals surface area contributed by atoms with Crippen molar-refractivity contribution >= 4 is 0 Å². The second kappa shape index (κ2) is 8.49. The van der Waals surface area contributed by atoms with Gasteiger partial charge in [0.15, 0.2) is 0 Å². The molecule has 0 spiro atoms. The number of ether oxygens (including phenoxy) is 2. The molecule has 1 fully saturated rings. The van der Waals surface area contributed by atoms with Gasteiger partial charge in [0.2, 0.25) is 0 Å². The maximum Gasteiger partial charge on any atom is 0.0896 e. The van der Waals surface area contributed by atoms with Crippen LogP contribution in [0.2, 0.25) is 0 Å². The molecule has 0 aromatic heterocycles. The van der Waals surface area contributed by atoms with Crippen molar-refractivity contribution < 1.29 is 9.47 Å². The predicted octanol–water partition coefficient (Wildman–Crippen LogP) is 2.20. The number of nitrogens with zero attached hydrogens (tertiary/aromatic N) is 1. The van der Waals surface area contributed by atoms with Crippen LogP contribution in [0.3, 0.4) is 0 Å². The van der Waals surface area contributed by atoms with Crippen LogP contribution in [-0.2, 0) is 16.1 Å². The van der Waals surface area contributed by atoms with Crippen molar-refractivity contribution in [1.82, 2.24) is 10.2 Å². The van der Waals surface area contributed by atoms with Crippen LogP contribution in [0.1, 0.15) is 30.5 Å². The number of hydrogen-bond acceptors (Lipinski definition) is 4. The van der Waals surface area contributed by atoms with Gasteiger partial charge in [-0.2, -0.15) is 0 Å². The van der Waals surface area contributed by atoms with Gasteiger partial charge in [0.05, 0.1) is 25.4 Å². The molecule has 1 heterocycles. The Kier molecular flexibility index (Phi) is 6.64. The van der Waals surface area contributed by atoms with E-state index in [0.717, 1.165) is 32.7 Å². The minimum Gasteiger partial charge on any atom is -0.380 e. The fourth-order valence-corrected chi connectivity index (χ4v) is 3.00. The molecular formula is C17H28N2O2. The van der Waals surface area contributed by atoms with Gasteiger partial charge < -0.3 is 14.8 Å². The molecule has 21 heavy (non-hydrogen) atoms. The second-order valence-corrected chi connectivity index (χ2v) is 5.67. The van der Waals surface area contributed by atoms with Gasteiger partial charge in [-0.05, 0) is 31.1 Å². The number of nitrogens with one attached hydrogen (secondary N) is 1. The smallest absolute Gasteiger partial charge is 0.0896 e. The van der Waals surface area contributed by atoms with Gasteiger partial charge in [0.25, 0.3) is 0 Å². The fourth-order valence-electron chi connectivity index (χ4n) is 3.00. The number of hydrogen-bond donors (Lipinski definition) is 1. The minimum absolute atomic E-state index is 0.188. The summed E-state index contributed by atoms with van der Waals surface area (Å²) in [4.78, 5) is 2.40. The first-order chi connectivity index (χ1) is 10.3. The molecule has 4 heteroatoms. The predicted molar refractivity (Wildman–Crippen MR) is 85.4 cm³/mol. The summed E-state index contributed by atoms with van der Waals surface area (Å²) < 4.78 is 11.4. The average molecular weight is 292 g/mol. The van der Waals surface area contributed by atoms with E-state index in [0.29, 0.717) is 6.61 Å². The first-order valence-electron chi connectivity index (χ1n) is 7.87. The van der Waals surface area contributed by atoms with Crippen molar-refractivity contribution in [3.8, 4) is 0 Å². The molecule has 0 amide bonds. The topological polar surface area (TPSA) is 33.7 Å². The van der Waals surface area contributed by atoms with Crippen molar-refractivity contribution in [3.63, 3.8) is 0 Å². The minimum atomic E-state index is 0.188. The summed E-state index contributed by atoms with van der Waals surface area (Å²) in [5.41, 5.74) is 2.58. The lowest BCUT2D eigenvalue weighted by molar-refractivity contribution is -0.0618. The Bertz CT molecular complexity index is 425. The average Bonchev–Trinajstić information content (AvgIpc) is 2.49. The molecule has 1 aromatic rings. The Hall–Kier alpha value is -0.940. The molecule has 1 N–H and O–H groups in total. The highest BCUT2D eigenvalue weighted by Crippen LogP contribution is 2.30. The summed E-state index contributed by atoms with van der Waals surface area (Å²) in [6, 6.07) is 8.82. The monoisotopic (exact) mass is 292 g/mol. The van der Waals surface area contributed by atoms with Gasteiger partial charge in [0.1, 0.15) is 0 Å². The molecule has 1 aliphatic heterocycles. The standard InChI is InChI=1S/C17H28N2O2/c1-4-9-18-12-16-17(19(2)10-11-21-16)15-8-6-5-7-14(15)13-20-3/h5-8,16-18H,4,9-13H2,1-3H3. The van der Waals surface area contributed by atoms with E-state index in [1.54, 1.807) is 7.11 Å². The van der Waals surface area contributed by atoms with E-state index in [4.69, 9.17) is 9.47 Å². The van der Waals surface area contributed by atoms with Gasteiger partial charge >= 0.3 is 0 Å². The second-order valence-electron chi connectivity index (χ2n) is 5.67. The lowest BCUT2D eigenvalue weighted by Gasteiger charge is -2.40. The van der Waals surface area contributed by atoms with E-state index < -0.39 is 0 Å². The first-order valence-corrected chi connectivity index (χ1v) is 7.87. The van der Waals surface area contributed by atoms with E-state index in [-0.39, 0.29) is 12.1 Å². The van der Waals surface area contributed by atoms with E-state index in [2.05, 4.69) is 48.5 Å². The third-order valence-electron chi connectivity index (χ3n) is 4.05. The maximum atomic E-state index is 6.05. The number of benzene rings is 1. The van der Waals surface area contributed by atoms with Gasteiger partial charge in [0, 0.05) is 20.2 Å². The lowest BCUT2D eigenvalue weighted by atomic mass is 9.94. The molecular weight excluding hydrogens is 264 g/mol. The summed E-state index contributed by atoms with van der Waals surface area (Å²) in [7, 11) is 3.93.